The molecule has 44 heavy (non-hydrogen) atoms. The summed E-state index contributed by atoms with van der Waals surface area (Å²) in [5.41, 5.74) is 7.64. The van der Waals surface area contributed by atoms with Gasteiger partial charge in [0.1, 0.15) is 18.1 Å². The number of halogens is 3. The number of carbonyl (C=O) groups is 3. The van der Waals surface area contributed by atoms with Crippen molar-refractivity contribution in [1.82, 2.24) is 14.8 Å². The molecule has 2 aromatic rings. The number of aliphatic carboxylic acids is 1. The molecule has 3 heterocycles. The Morgan fingerprint density at radius 1 is 1.16 bits per heavy atom. The van der Waals surface area contributed by atoms with Crippen molar-refractivity contribution in [3.8, 4) is 5.75 Å². The monoisotopic (exact) mass is 629 g/mol. The average molecular weight is 630 g/mol. The van der Waals surface area contributed by atoms with Gasteiger partial charge in [-0.1, -0.05) is 6.07 Å². The maximum atomic E-state index is 12.7. The number of nitrogens with zero attached hydrogens (tertiary/aromatic N) is 3. The number of nitrogens with one attached hydrogen (secondary N) is 1. The number of rotatable bonds is 8. The van der Waals surface area contributed by atoms with Crippen LogP contribution in [0.2, 0.25) is 0 Å². The Labute approximate surface area is 254 Å². The first-order valence-corrected chi connectivity index (χ1v) is 14.7. The summed E-state index contributed by atoms with van der Waals surface area (Å²) in [4.78, 5) is 35.5. The third-order valence-electron chi connectivity index (χ3n) is 7.17. The predicted octanol–water partition coefficient (Wildman–Crippen LogP) is 1.78. The Morgan fingerprint density at radius 2 is 1.82 bits per heavy atom. The zero-order valence-electron chi connectivity index (χ0n) is 25.6. The summed E-state index contributed by atoms with van der Waals surface area (Å²) in [6, 6.07) is 5.93. The Balaban J connectivity index is 0.000000676. The molecule has 2 amide bonds. The van der Waals surface area contributed by atoms with Crippen LogP contribution in [0, 0.1) is 0 Å². The lowest BCUT2D eigenvalue weighted by Gasteiger charge is -2.33. The summed E-state index contributed by atoms with van der Waals surface area (Å²) in [6.45, 7) is 11.4. The summed E-state index contributed by atoms with van der Waals surface area (Å²) in [5.74, 6) is -1.50. The minimum absolute atomic E-state index is 0.00231. The number of piperidine rings is 1. The van der Waals surface area contributed by atoms with Gasteiger partial charge in [-0.15, -0.1) is 0 Å². The molecule has 1 aromatic carbocycles. The van der Waals surface area contributed by atoms with Crippen LogP contribution in [0.1, 0.15) is 59.2 Å². The minimum atomic E-state index is -5.19. The van der Waals surface area contributed by atoms with Gasteiger partial charge in [0.05, 0.1) is 19.2 Å². The van der Waals surface area contributed by atoms with E-state index in [9.17, 15) is 22.8 Å². The molecule has 15 heteroatoms. The first-order chi connectivity index (χ1) is 20.6. The molecule has 0 radical (unpaired) electrons. The third-order valence-corrected chi connectivity index (χ3v) is 7.17. The van der Waals surface area contributed by atoms with Crippen molar-refractivity contribution in [3.05, 3.63) is 24.0 Å². The number of aryl methyl sites for hydroxylation is 1. The Hall–Kier alpha value is -3.59. The normalized spacial score (nSPS) is 17.6. The second-order valence-electron chi connectivity index (χ2n) is 11.6. The number of aromatic nitrogens is 2. The molecular formula is C29H42F3N5O7. The van der Waals surface area contributed by atoms with Gasteiger partial charge in [-0.2, -0.15) is 13.2 Å². The molecule has 12 nitrogen and oxygen atoms in total. The van der Waals surface area contributed by atoms with Crippen LogP contribution in [0.15, 0.2) is 18.2 Å². The van der Waals surface area contributed by atoms with Crippen molar-refractivity contribution < 1.29 is 51.4 Å². The van der Waals surface area contributed by atoms with Gasteiger partial charge in [-0.05, 0) is 65.5 Å². The number of hydrogen-bond donors (Lipinski definition) is 2. The zero-order valence-corrected chi connectivity index (χ0v) is 25.6. The number of carboxylic acid groups (broad SMARTS) is 1. The zero-order chi connectivity index (χ0) is 32.7. The van der Waals surface area contributed by atoms with E-state index in [-0.39, 0.29) is 30.8 Å². The third kappa shape index (κ3) is 9.45. The molecular weight excluding hydrogens is 587 g/mol. The summed E-state index contributed by atoms with van der Waals surface area (Å²) < 4.78 is 53.4. The van der Waals surface area contributed by atoms with Crippen LogP contribution in [0.4, 0.5) is 18.0 Å². The van der Waals surface area contributed by atoms with E-state index < -0.39 is 17.7 Å². The largest absolute Gasteiger partial charge is 0.542 e. The fourth-order valence-electron chi connectivity index (χ4n) is 5.23. The Kier molecular flexibility index (Phi) is 11.8. The van der Waals surface area contributed by atoms with Gasteiger partial charge in [-0.25, -0.2) is 13.9 Å². The van der Waals surface area contributed by atoms with Crippen molar-refractivity contribution in [3.63, 3.8) is 0 Å². The number of carbonyl (C=O) groups excluding carboxylic acids is 3. The number of imidazole rings is 1. The van der Waals surface area contributed by atoms with Crippen LogP contribution < -0.4 is 25.5 Å². The first kappa shape index (κ1) is 34.9. The molecule has 2 aliphatic rings. The summed E-state index contributed by atoms with van der Waals surface area (Å²) in [5, 5.41) is 11.8. The lowest BCUT2D eigenvalue weighted by molar-refractivity contribution is -0.676. The number of amides is 2. The number of fused-ring (bicyclic) bond motifs is 1. The van der Waals surface area contributed by atoms with Crippen LogP contribution >= 0.6 is 0 Å². The lowest BCUT2D eigenvalue weighted by Crippen LogP contribution is -2.48. The number of ether oxygens (including phenoxy) is 3. The van der Waals surface area contributed by atoms with Gasteiger partial charge in [0.15, 0.2) is 17.9 Å². The first-order valence-electron chi connectivity index (χ1n) is 14.7. The van der Waals surface area contributed by atoms with E-state index in [1.165, 1.54) is 0 Å². The Morgan fingerprint density at radius 3 is 2.34 bits per heavy atom. The molecule has 1 atom stereocenters. The van der Waals surface area contributed by atoms with Crippen molar-refractivity contribution in [1.29, 1.82) is 0 Å². The van der Waals surface area contributed by atoms with E-state index in [1.807, 2.05) is 32.9 Å². The Bertz CT molecular complexity index is 1290. The van der Waals surface area contributed by atoms with E-state index in [4.69, 9.17) is 29.8 Å². The van der Waals surface area contributed by atoms with Crippen molar-refractivity contribution in [2.45, 2.75) is 96.9 Å². The molecule has 1 aromatic heterocycles. The molecule has 246 valence electrons. The number of carboxylic acids is 1. The molecule has 0 spiro atoms. The van der Waals surface area contributed by atoms with Crippen LogP contribution in [-0.2, 0) is 38.7 Å². The van der Waals surface area contributed by atoms with E-state index in [0.29, 0.717) is 38.2 Å². The van der Waals surface area contributed by atoms with E-state index in [2.05, 4.69) is 27.4 Å². The van der Waals surface area contributed by atoms with Crippen LogP contribution in [0.3, 0.4) is 0 Å². The van der Waals surface area contributed by atoms with Gasteiger partial charge in [0.2, 0.25) is 5.52 Å². The van der Waals surface area contributed by atoms with Gasteiger partial charge >= 0.3 is 12.3 Å². The standard InChI is InChI=1S/C27H41N5O5.C2HF3O2/c1-5-31-24(16-28)32(17-20-8-7-15-35-20)21-9-6-10-22(25(21)31)36-18-23(33)29-19-11-13-30(14-12-19)26(34)37-27(2,3)4;3-2(4,5)1(6)7/h6,9-10,19-20H,5,7-8,11-18,28H2,1-4H3;(H,6,7)/t20-;/m0./s1. The minimum Gasteiger partial charge on any atom is -0.542 e. The molecule has 0 aliphatic carbocycles. The topological polar surface area (TPSA) is 152 Å². The molecule has 0 bridgehead atoms. The number of alkyl halides is 3. The fraction of sp³-hybridized carbons (Fsp3) is 0.655. The van der Waals surface area contributed by atoms with E-state index in [0.717, 1.165) is 49.4 Å². The van der Waals surface area contributed by atoms with Crippen LogP contribution in [0.25, 0.3) is 11.0 Å². The highest BCUT2D eigenvalue weighted by atomic mass is 19.4. The average Bonchev–Trinajstić information content (AvgIpc) is 3.57. The summed E-state index contributed by atoms with van der Waals surface area (Å²) >= 11 is 0. The highest BCUT2D eigenvalue weighted by molar-refractivity contribution is 5.81. The summed E-state index contributed by atoms with van der Waals surface area (Å²) in [7, 11) is 0. The summed E-state index contributed by atoms with van der Waals surface area (Å²) in [6.07, 6.45) is -1.82. The van der Waals surface area contributed by atoms with Crippen molar-refractivity contribution in [2.24, 2.45) is 5.73 Å². The van der Waals surface area contributed by atoms with Crippen molar-refractivity contribution >= 4 is 29.0 Å². The van der Waals surface area contributed by atoms with Crippen LogP contribution in [0.5, 0.6) is 5.75 Å². The number of hydrogen-bond acceptors (Lipinski definition) is 8. The van der Waals surface area contributed by atoms with Gasteiger partial charge in [0, 0.05) is 25.7 Å². The molecule has 2 saturated heterocycles. The van der Waals surface area contributed by atoms with Gasteiger partial charge < -0.3 is 40.1 Å². The molecule has 2 fully saturated rings. The fourth-order valence-corrected chi connectivity index (χ4v) is 5.23. The predicted molar refractivity (Wildman–Crippen MR) is 150 cm³/mol. The molecule has 0 saturated carbocycles. The van der Waals surface area contributed by atoms with Gasteiger partial charge in [0.25, 0.3) is 11.7 Å². The maximum Gasteiger partial charge on any atom is 0.430 e. The maximum absolute atomic E-state index is 12.7. The van der Waals surface area contributed by atoms with E-state index >= 15 is 0 Å². The molecule has 4 rings (SSSR count). The molecule has 2 aliphatic heterocycles. The highest BCUT2D eigenvalue weighted by Gasteiger charge is 2.31. The second kappa shape index (κ2) is 14.9. The highest BCUT2D eigenvalue weighted by Crippen LogP contribution is 2.27. The number of benzene rings is 1. The lowest BCUT2D eigenvalue weighted by atomic mass is 10.1. The number of likely N-dealkylation sites (tertiary alicyclic amines) is 1. The second-order valence-corrected chi connectivity index (χ2v) is 11.6. The smallest absolute Gasteiger partial charge is 0.430 e. The SMILES string of the molecule is CC[n+]1c(CN)n(C[C@@H]2CCCO2)c2cccc(OCC(=O)NC3CCN(C(=O)OC(C)(C)C)CC3)c21.O=C([O-])C(F)(F)F. The molecule has 3 N–H and O–H groups in total. The number of nitrogens with two attached hydrogens (primary N) is 1. The van der Waals surface area contributed by atoms with Gasteiger partial charge in [-0.3, -0.25) is 4.79 Å². The quantitative estimate of drug-likeness (QED) is 0.420. The van der Waals surface area contributed by atoms with E-state index in [1.54, 1.807) is 4.90 Å². The molecule has 0 unspecified atom stereocenters. The number of para-hydroxylation sites is 1. The van der Waals surface area contributed by atoms with Crippen LogP contribution in [-0.4, -0.2) is 77.7 Å². The van der Waals surface area contributed by atoms with Crippen molar-refractivity contribution in [2.75, 3.05) is 26.3 Å².